The molecular weight excluding hydrogens is 509 g/mol. The number of carbonyl (C=O) groups is 1. The third-order valence-corrected chi connectivity index (χ3v) is 7.48. The monoisotopic (exact) mass is 541 g/mol. The van der Waals surface area contributed by atoms with Crippen LogP contribution < -0.4 is 15.5 Å². The van der Waals surface area contributed by atoms with Crippen molar-refractivity contribution >= 4 is 40.9 Å². The fourth-order valence-electron chi connectivity index (χ4n) is 5.03. The van der Waals surface area contributed by atoms with Gasteiger partial charge >= 0.3 is 0 Å². The Hall–Kier alpha value is -3.44. The fraction of sp³-hybridized carbons (Fsp3) is 0.462. The van der Waals surface area contributed by atoms with Crippen LogP contribution in [0.25, 0.3) is 0 Å². The van der Waals surface area contributed by atoms with Gasteiger partial charge in [-0.05, 0) is 52.4 Å². The number of aromatic amines is 1. The van der Waals surface area contributed by atoms with Crippen molar-refractivity contribution in [2.24, 2.45) is 0 Å². The molecule has 2 aliphatic rings. The number of carbonyl (C=O) groups excluding carboxylic acids is 1. The summed E-state index contributed by atoms with van der Waals surface area (Å²) in [6.45, 7) is 4.65. The highest BCUT2D eigenvalue weighted by Crippen LogP contribution is 2.27. The standard InChI is InChI=1S/C26H33ClFN9O/c1-16-13-22(34-33-16)30-21-14-23(36-11-8-18(9-12-36)35(2)3)32-26(31-21)29-17-7-10-37(15-17)25(38)19-5-4-6-20(27)24(19)28/h4-6,13-14,17-18H,7-12,15H2,1-3H3,(H3,29,30,31,32,33,34)/t17-/m0/s1. The summed E-state index contributed by atoms with van der Waals surface area (Å²) in [5.41, 5.74) is 0.927. The van der Waals surface area contributed by atoms with Gasteiger partial charge < -0.3 is 25.3 Å². The van der Waals surface area contributed by atoms with E-state index in [0.29, 0.717) is 43.1 Å². The number of piperidine rings is 1. The third kappa shape index (κ3) is 5.83. The minimum atomic E-state index is -0.686. The highest BCUT2D eigenvalue weighted by molar-refractivity contribution is 6.31. The number of aromatic nitrogens is 4. The minimum Gasteiger partial charge on any atom is -0.356 e. The Balaban J connectivity index is 1.32. The van der Waals surface area contributed by atoms with Crippen molar-refractivity contribution in [1.82, 2.24) is 30.0 Å². The highest BCUT2D eigenvalue weighted by Gasteiger charge is 2.30. The molecule has 2 fully saturated rings. The number of anilines is 4. The average Bonchev–Trinajstić information content (AvgIpc) is 3.54. The molecule has 0 saturated carbocycles. The van der Waals surface area contributed by atoms with Gasteiger partial charge in [-0.2, -0.15) is 15.1 Å². The summed E-state index contributed by atoms with van der Waals surface area (Å²) < 4.78 is 14.4. The van der Waals surface area contributed by atoms with E-state index in [9.17, 15) is 9.18 Å². The molecule has 0 radical (unpaired) electrons. The van der Waals surface area contributed by atoms with Crippen molar-refractivity contribution in [3.8, 4) is 0 Å². The van der Waals surface area contributed by atoms with Gasteiger partial charge in [-0.1, -0.05) is 17.7 Å². The molecule has 0 spiro atoms. The van der Waals surface area contributed by atoms with Crippen LogP contribution >= 0.6 is 11.6 Å². The zero-order chi connectivity index (χ0) is 26.8. The van der Waals surface area contributed by atoms with E-state index < -0.39 is 5.82 Å². The van der Waals surface area contributed by atoms with E-state index >= 15 is 0 Å². The highest BCUT2D eigenvalue weighted by atomic mass is 35.5. The molecule has 1 aromatic carbocycles. The lowest BCUT2D eigenvalue weighted by molar-refractivity contribution is 0.0787. The van der Waals surface area contributed by atoms with Crippen molar-refractivity contribution < 1.29 is 9.18 Å². The molecule has 1 amide bonds. The van der Waals surface area contributed by atoms with Crippen LogP contribution in [0.3, 0.4) is 0 Å². The first-order valence-corrected chi connectivity index (χ1v) is 13.2. The van der Waals surface area contributed by atoms with Crippen molar-refractivity contribution in [2.75, 3.05) is 55.8 Å². The lowest BCUT2D eigenvalue weighted by Gasteiger charge is -2.36. The Bertz CT molecular complexity index is 1290. The zero-order valence-corrected chi connectivity index (χ0v) is 22.6. The number of hydrogen-bond acceptors (Lipinski definition) is 8. The maximum absolute atomic E-state index is 14.4. The summed E-state index contributed by atoms with van der Waals surface area (Å²) >= 11 is 5.88. The van der Waals surface area contributed by atoms with Crippen molar-refractivity contribution in [1.29, 1.82) is 0 Å². The molecule has 38 heavy (non-hydrogen) atoms. The second-order valence-corrected chi connectivity index (χ2v) is 10.6. The van der Waals surface area contributed by atoms with Crippen LogP contribution in [0.15, 0.2) is 30.3 Å². The van der Waals surface area contributed by atoms with Crippen LogP contribution in [-0.2, 0) is 0 Å². The maximum Gasteiger partial charge on any atom is 0.256 e. The van der Waals surface area contributed by atoms with Crippen molar-refractivity contribution in [3.63, 3.8) is 0 Å². The summed E-state index contributed by atoms with van der Waals surface area (Å²) in [6, 6.07) is 8.82. The first-order valence-electron chi connectivity index (χ1n) is 12.9. The first-order chi connectivity index (χ1) is 18.3. The van der Waals surface area contributed by atoms with Gasteiger partial charge in [0.1, 0.15) is 11.6 Å². The second kappa shape index (κ2) is 11.1. The van der Waals surface area contributed by atoms with E-state index in [-0.39, 0.29) is 22.5 Å². The van der Waals surface area contributed by atoms with Crippen LogP contribution in [0, 0.1) is 12.7 Å². The largest absolute Gasteiger partial charge is 0.356 e. The molecule has 0 bridgehead atoms. The van der Waals surface area contributed by atoms with Gasteiger partial charge in [0.2, 0.25) is 5.95 Å². The molecule has 1 atom stereocenters. The Labute approximate surface area is 226 Å². The molecule has 0 aliphatic carbocycles. The molecule has 2 saturated heterocycles. The molecule has 3 aromatic rings. The van der Waals surface area contributed by atoms with Crippen LogP contribution in [-0.4, -0.2) is 88.2 Å². The van der Waals surface area contributed by atoms with Gasteiger partial charge in [-0.15, -0.1) is 0 Å². The van der Waals surface area contributed by atoms with Crippen molar-refractivity contribution in [3.05, 3.63) is 52.4 Å². The summed E-state index contributed by atoms with van der Waals surface area (Å²) in [4.78, 5) is 28.7. The molecule has 5 rings (SSSR count). The molecule has 12 heteroatoms. The predicted molar refractivity (Wildman–Crippen MR) is 147 cm³/mol. The summed E-state index contributed by atoms with van der Waals surface area (Å²) in [5.74, 6) is 1.55. The van der Waals surface area contributed by atoms with E-state index in [2.05, 4.69) is 44.7 Å². The number of hydrogen-bond donors (Lipinski definition) is 3. The topological polar surface area (TPSA) is 105 Å². The fourth-order valence-corrected chi connectivity index (χ4v) is 5.21. The number of likely N-dealkylation sites (tertiary alicyclic amines) is 1. The van der Waals surface area contributed by atoms with Crippen LogP contribution in [0.2, 0.25) is 5.02 Å². The summed E-state index contributed by atoms with van der Waals surface area (Å²) in [6.07, 6.45) is 2.80. The van der Waals surface area contributed by atoms with Crippen molar-refractivity contribution in [2.45, 2.75) is 38.3 Å². The van der Waals surface area contributed by atoms with Gasteiger partial charge in [0.25, 0.3) is 5.91 Å². The lowest BCUT2D eigenvalue weighted by atomic mass is 10.0. The normalized spacial score (nSPS) is 18.3. The van der Waals surface area contributed by atoms with E-state index in [1.165, 1.54) is 12.1 Å². The summed E-state index contributed by atoms with van der Waals surface area (Å²) in [7, 11) is 4.24. The molecule has 0 unspecified atom stereocenters. The number of aryl methyl sites for hydroxylation is 1. The Kier molecular flexibility index (Phi) is 7.66. The Morgan fingerprint density at radius 2 is 1.92 bits per heavy atom. The van der Waals surface area contributed by atoms with Gasteiger partial charge in [-0.3, -0.25) is 9.89 Å². The van der Waals surface area contributed by atoms with Crippen LogP contribution in [0.1, 0.15) is 35.3 Å². The van der Waals surface area contributed by atoms with Gasteiger partial charge in [0.05, 0.1) is 10.6 Å². The number of amides is 1. The molecule has 10 nitrogen and oxygen atoms in total. The predicted octanol–water partition coefficient (Wildman–Crippen LogP) is 3.90. The molecule has 2 aromatic heterocycles. The molecule has 3 N–H and O–H groups in total. The van der Waals surface area contributed by atoms with Crippen LogP contribution in [0.5, 0.6) is 0 Å². The molecule has 2 aliphatic heterocycles. The SMILES string of the molecule is Cc1cc(Nc2cc(N3CCC(N(C)C)CC3)nc(N[C@H]3CCN(C(=O)c4cccc(Cl)c4F)C3)n2)n[nH]1. The Morgan fingerprint density at radius 3 is 2.63 bits per heavy atom. The number of nitrogens with zero attached hydrogens (tertiary/aromatic N) is 6. The van der Waals surface area contributed by atoms with Gasteiger partial charge in [0, 0.05) is 56.1 Å². The zero-order valence-electron chi connectivity index (χ0n) is 21.8. The number of rotatable bonds is 7. The van der Waals surface area contributed by atoms with Gasteiger partial charge in [-0.25, -0.2) is 4.39 Å². The smallest absolute Gasteiger partial charge is 0.256 e. The van der Waals surface area contributed by atoms with Gasteiger partial charge in [0.15, 0.2) is 11.6 Å². The van der Waals surface area contributed by atoms with Crippen LogP contribution in [0.4, 0.5) is 27.8 Å². The number of nitrogens with one attached hydrogen (secondary N) is 3. The third-order valence-electron chi connectivity index (χ3n) is 7.18. The average molecular weight is 542 g/mol. The second-order valence-electron chi connectivity index (χ2n) is 10.2. The quantitative estimate of drug-likeness (QED) is 0.413. The summed E-state index contributed by atoms with van der Waals surface area (Å²) in [5, 5.41) is 13.8. The lowest BCUT2D eigenvalue weighted by Crippen LogP contribution is -2.42. The van der Waals surface area contributed by atoms with E-state index in [0.717, 1.165) is 37.4 Å². The Morgan fingerprint density at radius 1 is 1.13 bits per heavy atom. The molecular formula is C26H33ClFN9O. The number of H-pyrrole nitrogens is 1. The first kappa shape index (κ1) is 26.2. The van der Waals surface area contributed by atoms with E-state index in [4.69, 9.17) is 21.6 Å². The van der Waals surface area contributed by atoms with E-state index in [1.807, 2.05) is 19.1 Å². The molecule has 202 valence electrons. The van der Waals surface area contributed by atoms with E-state index in [1.54, 1.807) is 11.0 Å². The minimum absolute atomic E-state index is 0.0155. The number of halogens is 2. The maximum atomic E-state index is 14.4. The number of benzene rings is 1. The molecule has 4 heterocycles.